The van der Waals surface area contributed by atoms with Crippen molar-refractivity contribution in [1.29, 1.82) is 0 Å². The molecule has 1 N–H and O–H groups in total. The van der Waals surface area contributed by atoms with Crippen LogP contribution in [0.4, 0.5) is 0 Å². The van der Waals surface area contributed by atoms with Crippen molar-refractivity contribution in [1.82, 2.24) is 9.62 Å². The molecule has 1 unspecified atom stereocenters. The van der Waals surface area contributed by atoms with Crippen molar-refractivity contribution in [2.45, 2.75) is 30.7 Å². The second-order valence-electron chi connectivity index (χ2n) is 4.92. The fraction of sp³-hybridized carbons (Fsp3) is 0.538. The Bertz CT molecular complexity index is 563. The van der Waals surface area contributed by atoms with Crippen molar-refractivity contribution in [3.8, 4) is 0 Å². The summed E-state index contributed by atoms with van der Waals surface area (Å²) in [6.07, 6.45) is 1.87. The SMILES string of the molecule is CNC1CCCN(S(=O)(=O)c2cc(C)ccc2Cl)C1.Cl. The normalized spacial score (nSPS) is 20.4. The van der Waals surface area contributed by atoms with Crippen LogP contribution in [0, 0.1) is 6.92 Å². The molecule has 0 radical (unpaired) electrons. The molecule has 0 spiro atoms. The summed E-state index contributed by atoms with van der Waals surface area (Å²) in [5.74, 6) is 0. The number of likely N-dealkylation sites (N-methyl/N-ethyl adjacent to an activating group) is 1. The third-order valence-corrected chi connectivity index (χ3v) is 5.84. The Morgan fingerprint density at radius 1 is 1.40 bits per heavy atom. The standard InChI is InChI=1S/C13H19ClN2O2S.ClH/c1-10-5-6-12(14)13(8-10)19(17,18)16-7-3-4-11(9-16)15-2;/h5-6,8,11,15H,3-4,7,9H2,1-2H3;1H. The summed E-state index contributed by atoms with van der Waals surface area (Å²) in [6.45, 7) is 2.93. The number of rotatable bonds is 3. The third kappa shape index (κ3) is 3.65. The lowest BCUT2D eigenvalue weighted by Crippen LogP contribution is -2.46. The van der Waals surface area contributed by atoms with Gasteiger partial charge in [0.15, 0.2) is 0 Å². The van der Waals surface area contributed by atoms with Gasteiger partial charge in [0.2, 0.25) is 10.0 Å². The summed E-state index contributed by atoms with van der Waals surface area (Å²) in [6, 6.07) is 5.31. The van der Waals surface area contributed by atoms with Gasteiger partial charge in [0.1, 0.15) is 4.90 Å². The van der Waals surface area contributed by atoms with Crippen LogP contribution in [0.2, 0.25) is 5.02 Å². The van der Waals surface area contributed by atoms with Crippen molar-refractivity contribution in [2.24, 2.45) is 0 Å². The summed E-state index contributed by atoms with van der Waals surface area (Å²) in [7, 11) is -1.64. The molecule has 114 valence electrons. The number of hydrogen-bond acceptors (Lipinski definition) is 3. The van der Waals surface area contributed by atoms with Gasteiger partial charge in [-0.15, -0.1) is 12.4 Å². The summed E-state index contributed by atoms with van der Waals surface area (Å²) >= 11 is 6.05. The highest BCUT2D eigenvalue weighted by atomic mass is 35.5. The second-order valence-corrected chi connectivity index (χ2v) is 7.24. The van der Waals surface area contributed by atoms with Gasteiger partial charge in [-0.25, -0.2) is 8.42 Å². The number of nitrogens with zero attached hydrogens (tertiary/aromatic N) is 1. The van der Waals surface area contributed by atoms with Gasteiger partial charge in [-0.1, -0.05) is 17.7 Å². The van der Waals surface area contributed by atoms with Crippen molar-refractivity contribution in [3.05, 3.63) is 28.8 Å². The molecule has 1 heterocycles. The molecule has 2 rings (SSSR count). The molecule has 1 saturated heterocycles. The highest BCUT2D eigenvalue weighted by Gasteiger charge is 2.31. The van der Waals surface area contributed by atoms with Gasteiger partial charge in [-0.3, -0.25) is 0 Å². The van der Waals surface area contributed by atoms with Crippen LogP contribution in [0.25, 0.3) is 0 Å². The van der Waals surface area contributed by atoms with Crippen LogP contribution in [0.3, 0.4) is 0 Å². The first-order valence-corrected chi connectivity index (χ1v) is 8.20. The predicted molar refractivity (Wildman–Crippen MR) is 84.3 cm³/mol. The van der Waals surface area contributed by atoms with E-state index in [9.17, 15) is 8.42 Å². The Labute approximate surface area is 132 Å². The molecule has 7 heteroatoms. The fourth-order valence-corrected chi connectivity index (χ4v) is 4.43. The minimum absolute atomic E-state index is 0. The minimum atomic E-state index is -3.50. The summed E-state index contributed by atoms with van der Waals surface area (Å²) in [5.41, 5.74) is 0.894. The van der Waals surface area contributed by atoms with Gasteiger partial charge in [0.25, 0.3) is 0 Å². The zero-order valence-electron chi connectivity index (χ0n) is 11.6. The number of hydrogen-bond donors (Lipinski definition) is 1. The molecule has 1 aliphatic rings. The number of nitrogens with one attached hydrogen (secondary N) is 1. The third-order valence-electron chi connectivity index (χ3n) is 3.50. The van der Waals surface area contributed by atoms with E-state index in [0.29, 0.717) is 13.1 Å². The molecule has 0 amide bonds. The Morgan fingerprint density at radius 2 is 2.10 bits per heavy atom. The van der Waals surface area contributed by atoms with Crippen LogP contribution in [0.5, 0.6) is 0 Å². The summed E-state index contributed by atoms with van der Waals surface area (Å²) < 4.78 is 26.8. The van der Waals surface area contributed by atoms with Crippen molar-refractivity contribution in [2.75, 3.05) is 20.1 Å². The molecular weight excluding hydrogens is 319 g/mol. The van der Waals surface area contributed by atoms with Gasteiger partial charge in [0.05, 0.1) is 5.02 Å². The molecule has 1 fully saturated rings. The lowest BCUT2D eigenvalue weighted by molar-refractivity contribution is 0.293. The largest absolute Gasteiger partial charge is 0.316 e. The Balaban J connectivity index is 0.00000200. The maximum atomic E-state index is 12.6. The quantitative estimate of drug-likeness (QED) is 0.920. The predicted octanol–water partition coefficient (Wildman–Crippen LogP) is 2.44. The zero-order chi connectivity index (χ0) is 14.0. The minimum Gasteiger partial charge on any atom is -0.316 e. The van der Waals surface area contributed by atoms with Gasteiger partial charge in [0, 0.05) is 19.1 Å². The van der Waals surface area contributed by atoms with Crippen molar-refractivity contribution < 1.29 is 8.42 Å². The van der Waals surface area contributed by atoms with Crippen molar-refractivity contribution in [3.63, 3.8) is 0 Å². The Kier molecular flexibility index (Phi) is 6.28. The Hall–Kier alpha value is -0.330. The monoisotopic (exact) mass is 338 g/mol. The summed E-state index contributed by atoms with van der Waals surface area (Å²) in [4.78, 5) is 0.214. The van der Waals surface area contributed by atoms with Crippen LogP contribution in [0.15, 0.2) is 23.1 Å². The van der Waals surface area contributed by atoms with Crippen molar-refractivity contribution >= 4 is 34.0 Å². The van der Waals surface area contributed by atoms with Crippen LogP contribution in [0.1, 0.15) is 18.4 Å². The van der Waals surface area contributed by atoms with Crippen LogP contribution < -0.4 is 5.32 Å². The zero-order valence-corrected chi connectivity index (χ0v) is 14.0. The molecule has 0 aromatic heterocycles. The molecule has 1 aromatic carbocycles. The lowest BCUT2D eigenvalue weighted by Gasteiger charge is -2.31. The molecule has 0 aliphatic carbocycles. The highest BCUT2D eigenvalue weighted by molar-refractivity contribution is 7.89. The smallest absolute Gasteiger partial charge is 0.244 e. The van der Waals surface area contributed by atoms with E-state index >= 15 is 0 Å². The Morgan fingerprint density at radius 3 is 2.75 bits per heavy atom. The van der Waals surface area contributed by atoms with E-state index in [0.717, 1.165) is 18.4 Å². The van der Waals surface area contributed by atoms with E-state index in [-0.39, 0.29) is 28.4 Å². The molecule has 4 nitrogen and oxygen atoms in total. The van der Waals surface area contributed by atoms with E-state index in [1.54, 1.807) is 12.1 Å². The fourth-order valence-electron chi connectivity index (χ4n) is 2.34. The molecule has 0 saturated carbocycles. The molecule has 0 bridgehead atoms. The lowest BCUT2D eigenvalue weighted by atomic mass is 10.1. The molecule has 20 heavy (non-hydrogen) atoms. The van der Waals surface area contributed by atoms with E-state index in [1.807, 2.05) is 20.0 Å². The van der Waals surface area contributed by atoms with Crippen LogP contribution in [-0.4, -0.2) is 38.9 Å². The second kappa shape index (κ2) is 7.09. The number of halogens is 2. The maximum absolute atomic E-state index is 12.6. The van der Waals surface area contributed by atoms with Gasteiger partial charge < -0.3 is 5.32 Å². The number of aryl methyl sites for hydroxylation is 1. The topological polar surface area (TPSA) is 49.4 Å². The van der Waals surface area contributed by atoms with E-state index in [2.05, 4.69) is 5.32 Å². The number of piperidine rings is 1. The molecule has 1 aromatic rings. The first-order chi connectivity index (χ1) is 8.95. The molecular formula is C13H20Cl2N2O2S. The van der Waals surface area contributed by atoms with Gasteiger partial charge >= 0.3 is 0 Å². The van der Waals surface area contributed by atoms with E-state index in [4.69, 9.17) is 11.6 Å². The van der Waals surface area contributed by atoms with E-state index in [1.165, 1.54) is 4.31 Å². The van der Waals surface area contributed by atoms with Gasteiger partial charge in [-0.2, -0.15) is 4.31 Å². The van der Waals surface area contributed by atoms with Crippen LogP contribution >= 0.6 is 24.0 Å². The van der Waals surface area contributed by atoms with Gasteiger partial charge in [-0.05, 0) is 44.5 Å². The first kappa shape index (κ1) is 17.7. The average molecular weight is 339 g/mol. The number of benzene rings is 1. The molecule has 1 aliphatic heterocycles. The number of sulfonamides is 1. The highest BCUT2D eigenvalue weighted by Crippen LogP contribution is 2.27. The van der Waals surface area contributed by atoms with Crippen LogP contribution in [-0.2, 0) is 10.0 Å². The first-order valence-electron chi connectivity index (χ1n) is 6.38. The summed E-state index contributed by atoms with van der Waals surface area (Å²) in [5, 5.41) is 3.43. The maximum Gasteiger partial charge on any atom is 0.244 e. The molecule has 1 atom stereocenters. The average Bonchev–Trinajstić information content (AvgIpc) is 2.41. The van der Waals surface area contributed by atoms with E-state index < -0.39 is 10.0 Å².